The highest BCUT2D eigenvalue weighted by atomic mass is 32.1. The summed E-state index contributed by atoms with van der Waals surface area (Å²) in [4.78, 5) is 11.9. The fourth-order valence-electron chi connectivity index (χ4n) is 2.69. The monoisotopic (exact) mass is 338 g/mol. The smallest absolute Gasteiger partial charge is 0.313 e. The van der Waals surface area contributed by atoms with Crippen LogP contribution in [0.15, 0.2) is 12.1 Å². The van der Waals surface area contributed by atoms with Gasteiger partial charge in [-0.1, -0.05) is 53.7 Å². The molecular formula is C19H30O3S. The SMILES string of the molecule is CC(C)(C)c1cc(C(C)(CCS)C(=O)O)cc(C(C)(C)C)c1O. The number of phenolic OH excluding ortho intramolecular Hbond substituents is 1. The first-order valence-electron chi connectivity index (χ1n) is 7.98. The van der Waals surface area contributed by atoms with Crippen molar-refractivity contribution in [2.24, 2.45) is 0 Å². The van der Waals surface area contributed by atoms with Crippen LogP contribution in [0.5, 0.6) is 5.75 Å². The molecule has 0 saturated carbocycles. The van der Waals surface area contributed by atoms with Gasteiger partial charge in [0.1, 0.15) is 5.75 Å². The van der Waals surface area contributed by atoms with Gasteiger partial charge in [-0.05, 0) is 46.6 Å². The number of carbonyl (C=O) groups is 1. The molecule has 3 nitrogen and oxygen atoms in total. The van der Waals surface area contributed by atoms with Crippen molar-refractivity contribution in [3.8, 4) is 5.75 Å². The number of aromatic hydroxyl groups is 1. The maximum atomic E-state index is 11.9. The van der Waals surface area contributed by atoms with Crippen LogP contribution in [0.1, 0.15) is 71.6 Å². The molecule has 130 valence electrons. The first-order valence-corrected chi connectivity index (χ1v) is 8.61. The molecule has 0 aromatic heterocycles. The van der Waals surface area contributed by atoms with Gasteiger partial charge in [-0.3, -0.25) is 4.79 Å². The Bertz CT molecular complexity index is 559. The van der Waals surface area contributed by atoms with Crippen molar-refractivity contribution in [2.45, 2.75) is 71.1 Å². The van der Waals surface area contributed by atoms with Crippen LogP contribution in [-0.2, 0) is 21.0 Å². The van der Waals surface area contributed by atoms with Crippen LogP contribution in [0.25, 0.3) is 0 Å². The van der Waals surface area contributed by atoms with E-state index in [1.54, 1.807) is 6.92 Å². The Balaban J connectivity index is 3.78. The molecule has 0 aliphatic heterocycles. The highest BCUT2D eigenvalue weighted by molar-refractivity contribution is 7.80. The second-order valence-corrected chi connectivity index (χ2v) is 8.98. The number of rotatable bonds is 4. The van der Waals surface area contributed by atoms with Gasteiger partial charge >= 0.3 is 5.97 Å². The quantitative estimate of drug-likeness (QED) is 0.700. The lowest BCUT2D eigenvalue weighted by Gasteiger charge is -2.32. The number of hydrogen-bond donors (Lipinski definition) is 3. The normalized spacial score (nSPS) is 15.3. The summed E-state index contributed by atoms with van der Waals surface area (Å²) in [6, 6.07) is 3.70. The Labute approximate surface area is 145 Å². The molecular weight excluding hydrogens is 308 g/mol. The second-order valence-electron chi connectivity index (χ2n) is 8.53. The van der Waals surface area contributed by atoms with Gasteiger partial charge in [-0.25, -0.2) is 0 Å². The summed E-state index contributed by atoms with van der Waals surface area (Å²) < 4.78 is 0. The number of carboxylic acids is 1. The van der Waals surface area contributed by atoms with E-state index in [2.05, 4.69) is 12.6 Å². The second kappa shape index (κ2) is 6.39. The van der Waals surface area contributed by atoms with Crippen molar-refractivity contribution in [1.82, 2.24) is 0 Å². The van der Waals surface area contributed by atoms with E-state index >= 15 is 0 Å². The molecule has 4 heteroatoms. The number of hydrogen-bond acceptors (Lipinski definition) is 3. The number of benzene rings is 1. The number of aliphatic carboxylic acids is 1. The summed E-state index contributed by atoms with van der Waals surface area (Å²) >= 11 is 4.23. The Morgan fingerprint density at radius 2 is 1.39 bits per heavy atom. The fraction of sp³-hybridized carbons (Fsp3) is 0.632. The van der Waals surface area contributed by atoms with Crippen molar-refractivity contribution < 1.29 is 15.0 Å². The van der Waals surface area contributed by atoms with Crippen LogP contribution in [-0.4, -0.2) is 21.9 Å². The molecule has 23 heavy (non-hydrogen) atoms. The van der Waals surface area contributed by atoms with Crippen LogP contribution in [0.3, 0.4) is 0 Å². The average molecular weight is 339 g/mol. The minimum atomic E-state index is -1.02. The zero-order valence-electron chi connectivity index (χ0n) is 15.3. The molecule has 1 aromatic carbocycles. The Hall–Kier alpha value is -1.16. The van der Waals surface area contributed by atoms with Gasteiger partial charge in [-0.15, -0.1) is 0 Å². The van der Waals surface area contributed by atoms with Crippen LogP contribution in [0.2, 0.25) is 0 Å². The van der Waals surface area contributed by atoms with E-state index in [0.29, 0.717) is 12.2 Å². The van der Waals surface area contributed by atoms with E-state index in [1.165, 1.54) is 0 Å². The zero-order chi connectivity index (χ0) is 18.2. The van der Waals surface area contributed by atoms with Crippen molar-refractivity contribution in [1.29, 1.82) is 0 Å². The minimum absolute atomic E-state index is 0.271. The van der Waals surface area contributed by atoms with Gasteiger partial charge in [-0.2, -0.15) is 12.6 Å². The first kappa shape index (κ1) is 19.9. The summed E-state index contributed by atoms with van der Waals surface area (Å²) in [7, 11) is 0. The molecule has 0 aliphatic carbocycles. The lowest BCUT2D eigenvalue weighted by molar-refractivity contribution is -0.143. The van der Waals surface area contributed by atoms with E-state index < -0.39 is 11.4 Å². The molecule has 0 bridgehead atoms. The van der Waals surface area contributed by atoms with Crippen LogP contribution in [0.4, 0.5) is 0 Å². The maximum Gasteiger partial charge on any atom is 0.313 e. The van der Waals surface area contributed by atoms with Crippen molar-refractivity contribution in [2.75, 3.05) is 5.75 Å². The summed E-state index contributed by atoms with van der Waals surface area (Å²) in [6.45, 7) is 13.9. The zero-order valence-corrected chi connectivity index (χ0v) is 16.2. The third-order valence-electron chi connectivity index (χ3n) is 4.45. The number of carboxylic acid groups (broad SMARTS) is 1. The molecule has 1 rings (SSSR count). The van der Waals surface area contributed by atoms with Gasteiger partial charge in [0, 0.05) is 0 Å². The van der Waals surface area contributed by atoms with Crippen LogP contribution >= 0.6 is 12.6 Å². The molecule has 0 saturated heterocycles. The number of thiol groups is 1. The van der Waals surface area contributed by atoms with E-state index in [9.17, 15) is 15.0 Å². The highest BCUT2D eigenvalue weighted by Crippen LogP contribution is 2.43. The fourth-order valence-corrected chi connectivity index (χ4v) is 3.14. The van der Waals surface area contributed by atoms with E-state index in [-0.39, 0.29) is 16.6 Å². The van der Waals surface area contributed by atoms with Gasteiger partial charge < -0.3 is 10.2 Å². The van der Waals surface area contributed by atoms with Gasteiger partial charge in [0.05, 0.1) is 5.41 Å². The third kappa shape index (κ3) is 4.03. The Morgan fingerprint density at radius 3 is 1.65 bits per heavy atom. The lowest BCUT2D eigenvalue weighted by atomic mass is 9.72. The summed E-state index contributed by atoms with van der Waals surface area (Å²) in [5.41, 5.74) is 0.723. The average Bonchev–Trinajstić information content (AvgIpc) is 2.35. The summed E-state index contributed by atoms with van der Waals surface area (Å²) in [5.74, 6) is -0.108. The topological polar surface area (TPSA) is 57.5 Å². The molecule has 2 N–H and O–H groups in total. The Morgan fingerprint density at radius 1 is 1.00 bits per heavy atom. The Kier molecular flexibility index (Phi) is 5.52. The molecule has 0 heterocycles. The minimum Gasteiger partial charge on any atom is -0.507 e. The van der Waals surface area contributed by atoms with E-state index in [0.717, 1.165) is 16.7 Å². The van der Waals surface area contributed by atoms with Crippen LogP contribution in [0, 0.1) is 0 Å². The summed E-state index contributed by atoms with van der Waals surface area (Å²) in [5, 5.41) is 20.5. The molecule has 1 aromatic rings. The van der Waals surface area contributed by atoms with E-state index in [1.807, 2.05) is 53.7 Å². The molecule has 1 unspecified atom stereocenters. The molecule has 0 spiro atoms. The third-order valence-corrected chi connectivity index (χ3v) is 4.67. The van der Waals surface area contributed by atoms with Crippen molar-refractivity contribution >= 4 is 18.6 Å². The maximum absolute atomic E-state index is 11.9. The molecule has 0 fully saturated rings. The van der Waals surface area contributed by atoms with Crippen molar-refractivity contribution in [3.63, 3.8) is 0 Å². The molecule has 0 aliphatic rings. The highest BCUT2D eigenvalue weighted by Gasteiger charge is 2.37. The number of phenols is 1. The molecule has 1 atom stereocenters. The van der Waals surface area contributed by atoms with Crippen LogP contribution < -0.4 is 0 Å². The van der Waals surface area contributed by atoms with Gasteiger partial charge in [0.2, 0.25) is 0 Å². The summed E-state index contributed by atoms with van der Waals surface area (Å²) in [6.07, 6.45) is 0.434. The standard InChI is InChI=1S/C19H30O3S/c1-17(2,3)13-10-12(19(7,8-9-23)16(21)22)11-14(15(13)20)18(4,5)6/h10-11,20,23H,8-9H2,1-7H3,(H,21,22). The first-order chi connectivity index (χ1) is 10.2. The molecule has 0 amide bonds. The predicted octanol–water partition coefficient (Wildman–Crippen LogP) is 4.65. The lowest BCUT2D eigenvalue weighted by Crippen LogP contribution is -2.34. The van der Waals surface area contributed by atoms with Gasteiger partial charge in [0.15, 0.2) is 0 Å². The molecule has 0 radical (unpaired) electrons. The van der Waals surface area contributed by atoms with Crippen molar-refractivity contribution in [3.05, 3.63) is 28.8 Å². The largest absolute Gasteiger partial charge is 0.507 e. The van der Waals surface area contributed by atoms with Gasteiger partial charge in [0.25, 0.3) is 0 Å². The predicted molar refractivity (Wildman–Crippen MR) is 99.0 cm³/mol. The van der Waals surface area contributed by atoms with E-state index in [4.69, 9.17) is 0 Å².